The van der Waals surface area contributed by atoms with Crippen LogP contribution in [0, 0.1) is 0 Å². The number of nitrogens with zero attached hydrogens (tertiary/aromatic N) is 2. The number of carbonyl (C=O) groups is 1. The van der Waals surface area contributed by atoms with E-state index < -0.39 is 0 Å². The summed E-state index contributed by atoms with van der Waals surface area (Å²) in [5, 5.41) is 21.5. The topological polar surface area (TPSA) is 99.2 Å². The summed E-state index contributed by atoms with van der Waals surface area (Å²) < 4.78 is 0. The Hall–Kier alpha value is -1.95. The van der Waals surface area contributed by atoms with E-state index >= 15 is 0 Å². The zero-order valence-corrected chi connectivity index (χ0v) is 12.3. The highest BCUT2D eigenvalue weighted by molar-refractivity contribution is 6.33. The Bertz CT molecular complexity index is 556. The fraction of sp³-hybridized carbons (Fsp3) is 0.429. The molecular formula is C14H18ClN3O3. The van der Waals surface area contributed by atoms with Crippen molar-refractivity contribution in [2.24, 2.45) is 10.9 Å². The maximum Gasteiger partial charge on any atom is 0.256 e. The minimum absolute atomic E-state index is 0.0297. The van der Waals surface area contributed by atoms with E-state index in [0.717, 1.165) is 25.7 Å². The third-order valence-corrected chi connectivity index (χ3v) is 4.00. The van der Waals surface area contributed by atoms with E-state index in [1.54, 1.807) is 4.90 Å². The number of amides is 1. The van der Waals surface area contributed by atoms with Gasteiger partial charge in [-0.15, -0.1) is 0 Å². The number of phenols is 1. The minimum Gasteiger partial charge on any atom is -0.508 e. The molecule has 1 amide bonds. The Morgan fingerprint density at radius 1 is 1.43 bits per heavy atom. The molecular weight excluding hydrogens is 294 g/mol. The van der Waals surface area contributed by atoms with Crippen LogP contribution < -0.4 is 5.73 Å². The quantitative estimate of drug-likeness (QED) is 0.343. The van der Waals surface area contributed by atoms with E-state index in [-0.39, 0.29) is 40.7 Å². The number of nitrogens with two attached hydrogens (primary N) is 1. The van der Waals surface area contributed by atoms with Crippen LogP contribution in [-0.4, -0.2) is 39.5 Å². The number of hydrogen-bond donors (Lipinski definition) is 3. The maximum atomic E-state index is 12.7. The van der Waals surface area contributed by atoms with Crippen LogP contribution in [0.1, 0.15) is 36.0 Å². The normalized spacial score (nSPS) is 16.1. The van der Waals surface area contributed by atoms with E-state index in [2.05, 4.69) is 5.16 Å². The minimum atomic E-state index is -0.325. The van der Waals surface area contributed by atoms with Gasteiger partial charge in [-0.1, -0.05) is 29.6 Å². The monoisotopic (exact) mass is 311 g/mol. The van der Waals surface area contributed by atoms with Crippen molar-refractivity contribution in [3.8, 4) is 5.75 Å². The average molecular weight is 312 g/mol. The van der Waals surface area contributed by atoms with Crippen molar-refractivity contribution in [2.75, 3.05) is 6.54 Å². The predicted molar refractivity (Wildman–Crippen MR) is 79.8 cm³/mol. The van der Waals surface area contributed by atoms with Gasteiger partial charge in [0, 0.05) is 6.04 Å². The van der Waals surface area contributed by atoms with Crippen LogP contribution in [0.5, 0.6) is 5.75 Å². The summed E-state index contributed by atoms with van der Waals surface area (Å²) in [6, 6.07) is 4.26. The lowest BCUT2D eigenvalue weighted by Gasteiger charge is -2.28. The fourth-order valence-corrected chi connectivity index (χ4v) is 2.82. The number of phenolic OH excluding ortho intramolecular Hbond substituents is 1. The number of carbonyl (C=O) groups excluding carboxylic acids is 1. The number of amidine groups is 1. The van der Waals surface area contributed by atoms with Crippen LogP contribution in [0.15, 0.2) is 23.4 Å². The van der Waals surface area contributed by atoms with Crippen molar-refractivity contribution >= 4 is 23.3 Å². The highest BCUT2D eigenvalue weighted by atomic mass is 35.5. The molecule has 0 spiro atoms. The molecule has 7 heteroatoms. The zero-order valence-electron chi connectivity index (χ0n) is 11.5. The predicted octanol–water partition coefficient (Wildman–Crippen LogP) is 2.18. The second-order valence-corrected chi connectivity index (χ2v) is 5.53. The standard InChI is InChI=1S/C14H18ClN3O3/c15-12-6-5-10(19)7-11(12)14(20)18(8-13(16)17-21)9-3-1-2-4-9/h5-7,9,19,21H,1-4,8H2,(H2,16,17). The first kappa shape index (κ1) is 15.4. The molecule has 1 aromatic rings. The molecule has 6 nitrogen and oxygen atoms in total. The van der Waals surface area contributed by atoms with E-state index in [1.165, 1.54) is 18.2 Å². The smallest absolute Gasteiger partial charge is 0.256 e. The lowest BCUT2D eigenvalue weighted by atomic mass is 10.1. The lowest BCUT2D eigenvalue weighted by Crippen LogP contribution is -2.44. The summed E-state index contributed by atoms with van der Waals surface area (Å²) in [6.07, 6.45) is 3.83. The molecule has 0 saturated heterocycles. The van der Waals surface area contributed by atoms with Crippen LogP contribution >= 0.6 is 11.6 Å². The van der Waals surface area contributed by atoms with Crippen molar-refractivity contribution in [2.45, 2.75) is 31.7 Å². The number of aromatic hydroxyl groups is 1. The van der Waals surface area contributed by atoms with Gasteiger partial charge in [-0.2, -0.15) is 0 Å². The summed E-state index contributed by atoms with van der Waals surface area (Å²) in [5.74, 6) is -0.390. The number of halogens is 1. The van der Waals surface area contributed by atoms with Crippen molar-refractivity contribution in [1.82, 2.24) is 4.90 Å². The van der Waals surface area contributed by atoms with Crippen molar-refractivity contribution in [3.05, 3.63) is 28.8 Å². The van der Waals surface area contributed by atoms with E-state index in [1.807, 2.05) is 0 Å². The van der Waals surface area contributed by atoms with Crippen LogP contribution in [0.4, 0.5) is 0 Å². The summed E-state index contributed by atoms with van der Waals surface area (Å²) in [7, 11) is 0. The highest BCUT2D eigenvalue weighted by Gasteiger charge is 2.29. The first-order valence-corrected chi connectivity index (χ1v) is 7.16. The molecule has 1 aliphatic carbocycles. The molecule has 4 N–H and O–H groups in total. The molecule has 114 valence electrons. The van der Waals surface area contributed by atoms with Crippen LogP contribution in [0.25, 0.3) is 0 Å². The average Bonchev–Trinajstić information content (AvgIpc) is 3.00. The Balaban J connectivity index is 2.30. The number of oxime groups is 1. The SMILES string of the molecule is N/C(CN(C(=O)c1cc(O)ccc1Cl)C1CCCC1)=N/O. The Labute approximate surface area is 127 Å². The first-order chi connectivity index (χ1) is 10.0. The largest absolute Gasteiger partial charge is 0.508 e. The lowest BCUT2D eigenvalue weighted by molar-refractivity contribution is 0.0712. The van der Waals surface area contributed by atoms with Crippen LogP contribution in [-0.2, 0) is 0 Å². The van der Waals surface area contributed by atoms with Gasteiger partial charge in [-0.25, -0.2) is 0 Å². The molecule has 21 heavy (non-hydrogen) atoms. The molecule has 0 unspecified atom stereocenters. The van der Waals surface area contributed by atoms with Gasteiger partial charge in [0.25, 0.3) is 5.91 Å². The van der Waals surface area contributed by atoms with E-state index in [9.17, 15) is 9.90 Å². The van der Waals surface area contributed by atoms with Crippen LogP contribution in [0.3, 0.4) is 0 Å². The molecule has 1 saturated carbocycles. The Morgan fingerprint density at radius 2 is 2.10 bits per heavy atom. The van der Waals surface area contributed by atoms with Gasteiger partial charge < -0.3 is 20.9 Å². The second kappa shape index (κ2) is 6.67. The molecule has 0 radical (unpaired) electrons. The van der Waals surface area contributed by atoms with Crippen molar-refractivity contribution in [1.29, 1.82) is 0 Å². The highest BCUT2D eigenvalue weighted by Crippen LogP contribution is 2.28. The van der Waals surface area contributed by atoms with E-state index in [4.69, 9.17) is 22.5 Å². The molecule has 0 aromatic heterocycles. The molecule has 2 rings (SSSR count). The maximum absolute atomic E-state index is 12.7. The van der Waals surface area contributed by atoms with Crippen molar-refractivity contribution in [3.63, 3.8) is 0 Å². The summed E-state index contributed by atoms with van der Waals surface area (Å²) in [4.78, 5) is 14.3. The Morgan fingerprint density at radius 3 is 2.71 bits per heavy atom. The molecule has 0 bridgehead atoms. The zero-order chi connectivity index (χ0) is 15.4. The van der Waals surface area contributed by atoms with E-state index in [0.29, 0.717) is 0 Å². The Kier molecular flexibility index (Phi) is 4.90. The number of hydrogen-bond acceptors (Lipinski definition) is 4. The summed E-state index contributed by atoms with van der Waals surface area (Å²) >= 11 is 6.04. The van der Waals surface area contributed by atoms with Gasteiger partial charge in [0.2, 0.25) is 0 Å². The third-order valence-electron chi connectivity index (χ3n) is 3.67. The van der Waals surface area contributed by atoms with Gasteiger partial charge in [-0.05, 0) is 31.0 Å². The molecule has 1 fully saturated rings. The number of rotatable bonds is 4. The van der Waals surface area contributed by atoms with Gasteiger partial charge in [0.1, 0.15) is 5.75 Å². The first-order valence-electron chi connectivity index (χ1n) is 6.79. The molecule has 0 heterocycles. The summed E-state index contributed by atoms with van der Waals surface area (Å²) in [5.41, 5.74) is 5.77. The second-order valence-electron chi connectivity index (χ2n) is 5.13. The van der Waals surface area contributed by atoms with Gasteiger partial charge in [-0.3, -0.25) is 4.79 Å². The van der Waals surface area contributed by atoms with Gasteiger partial charge >= 0.3 is 0 Å². The third kappa shape index (κ3) is 3.58. The van der Waals surface area contributed by atoms with Gasteiger partial charge in [0.15, 0.2) is 5.84 Å². The summed E-state index contributed by atoms with van der Waals surface area (Å²) in [6.45, 7) is 0.0337. The molecule has 1 aliphatic rings. The van der Waals surface area contributed by atoms with Crippen molar-refractivity contribution < 1.29 is 15.1 Å². The number of benzene rings is 1. The molecule has 0 atom stereocenters. The fourth-order valence-electron chi connectivity index (χ4n) is 2.62. The van der Waals surface area contributed by atoms with Crippen LogP contribution in [0.2, 0.25) is 5.02 Å². The molecule has 1 aromatic carbocycles. The van der Waals surface area contributed by atoms with Gasteiger partial charge in [0.05, 0.1) is 17.1 Å². The molecule has 0 aliphatic heterocycles.